The van der Waals surface area contributed by atoms with Crippen LogP contribution in [0.25, 0.3) is 0 Å². The molecule has 2 heteroatoms. The first-order valence-corrected chi connectivity index (χ1v) is 6.20. The smallest absolute Gasteiger partial charge is 0.163 e. The molecule has 0 saturated carbocycles. The van der Waals surface area contributed by atoms with E-state index in [0.717, 1.165) is 18.5 Å². The van der Waals surface area contributed by atoms with E-state index >= 15 is 0 Å². The Hall–Kier alpha value is -1.15. The van der Waals surface area contributed by atoms with Crippen LogP contribution >= 0.6 is 0 Å². The molecule has 0 N–H and O–H groups in total. The Kier molecular flexibility index (Phi) is 2.52. The number of Topliss-reactive ketones (excluding diaryl/α,β-unsaturated/α-hetero) is 1. The summed E-state index contributed by atoms with van der Waals surface area (Å²) in [7, 11) is 0. The predicted octanol–water partition coefficient (Wildman–Crippen LogP) is 2.41. The molecule has 2 aliphatic rings. The number of hydrogen-bond acceptors (Lipinski definition) is 2. The van der Waals surface area contributed by atoms with Crippen molar-refractivity contribution in [3.05, 3.63) is 34.9 Å². The van der Waals surface area contributed by atoms with Crippen LogP contribution in [0.3, 0.4) is 0 Å². The van der Waals surface area contributed by atoms with Gasteiger partial charge in [-0.05, 0) is 49.5 Å². The number of carbonyl (C=O) groups excluding carboxylic acids is 1. The third-order valence-electron chi connectivity index (χ3n) is 3.70. The lowest BCUT2D eigenvalue weighted by Gasteiger charge is -2.15. The second kappa shape index (κ2) is 4.02. The van der Waals surface area contributed by atoms with Crippen LogP contribution in [-0.2, 0) is 13.0 Å². The van der Waals surface area contributed by atoms with Crippen LogP contribution in [-0.4, -0.2) is 23.8 Å². The van der Waals surface area contributed by atoms with Gasteiger partial charge in [-0.3, -0.25) is 9.69 Å². The molecule has 0 unspecified atom stereocenters. The molecule has 1 aliphatic carbocycles. The zero-order valence-corrected chi connectivity index (χ0v) is 9.54. The molecule has 1 aliphatic heterocycles. The maximum absolute atomic E-state index is 11.6. The van der Waals surface area contributed by atoms with Gasteiger partial charge in [-0.1, -0.05) is 12.1 Å². The van der Waals surface area contributed by atoms with Crippen LogP contribution in [0.4, 0.5) is 0 Å². The van der Waals surface area contributed by atoms with Gasteiger partial charge in [0.15, 0.2) is 5.78 Å². The molecule has 0 bridgehead atoms. The molecule has 16 heavy (non-hydrogen) atoms. The zero-order valence-electron chi connectivity index (χ0n) is 9.54. The highest BCUT2D eigenvalue weighted by atomic mass is 16.1. The van der Waals surface area contributed by atoms with Crippen molar-refractivity contribution in [2.45, 2.75) is 32.2 Å². The largest absolute Gasteiger partial charge is 0.299 e. The average Bonchev–Trinajstić information content (AvgIpc) is 2.90. The second-order valence-electron chi connectivity index (χ2n) is 4.90. The van der Waals surface area contributed by atoms with Crippen LogP contribution in [0.15, 0.2) is 18.2 Å². The van der Waals surface area contributed by atoms with Crippen molar-refractivity contribution in [1.29, 1.82) is 0 Å². The molecule has 0 amide bonds. The summed E-state index contributed by atoms with van der Waals surface area (Å²) in [6.45, 7) is 3.44. The van der Waals surface area contributed by atoms with Crippen molar-refractivity contribution >= 4 is 5.78 Å². The summed E-state index contributed by atoms with van der Waals surface area (Å²) in [6, 6.07) is 6.45. The molecule has 0 atom stereocenters. The van der Waals surface area contributed by atoms with Crippen molar-refractivity contribution in [3.63, 3.8) is 0 Å². The van der Waals surface area contributed by atoms with Crippen LogP contribution in [0, 0.1) is 0 Å². The summed E-state index contributed by atoms with van der Waals surface area (Å²) in [6.07, 6.45) is 4.30. The van der Waals surface area contributed by atoms with Crippen LogP contribution in [0.5, 0.6) is 0 Å². The number of hydrogen-bond donors (Lipinski definition) is 0. The molecule has 0 radical (unpaired) electrons. The minimum Gasteiger partial charge on any atom is -0.299 e. The van der Waals surface area contributed by atoms with Crippen molar-refractivity contribution in [2.24, 2.45) is 0 Å². The predicted molar refractivity (Wildman–Crippen MR) is 63.6 cm³/mol. The Morgan fingerprint density at radius 3 is 2.75 bits per heavy atom. The monoisotopic (exact) mass is 215 g/mol. The van der Waals surface area contributed by atoms with E-state index in [1.807, 2.05) is 0 Å². The van der Waals surface area contributed by atoms with E-state index < -0.39 is 0 Å². The molecule has 84 valence electrons. The Morgan fingerprint density at radius 1 is 1.12 bits per heavy atom. The molecule has 1 saturated heterocycles. The molecule has 1 heterocycles. The van der Waals surface area contributed by atoms with Crippen LogP contribution < -0.4 is 0 Å². The summed E-state index contributed by atoms with van der Waals surface area (Å²) in [5, 5.41) is 0. The van der Waals surface area contributed by atoms with E-state index in [-0.39, 0.29) is 0 Å². The minimum atomic E-state index is 0.332. The fourth-order valence-corrected chi connectivity index (χ4v) is 2.78. The molecule has 2 nitrogen and oxygen atoms in total. The van der Waals surface area contributed by atoms with Crippen molar-refractivity contribution in [2.75, 3.05) is 13.1 Å². The lowest BCUT2D eigenvalue weighted by atomic mass is 10.1. The lowest BCUT2D eigenvalue weighted by Crippen LogP contribution is -2.18. The van der Waals surface area contributed by atoms with E-state index in [2.05, 4.69) is 23.1 Å². The summed E-state index contributed by atoms with van der Waals surface area (Å²) in [5.41, 5.74) is 3.53. The number of likely N-dealkylation sites (tertiary alicyclic amines) is 1. The lowest BCUT2D eigenvalue weighted by molar-refractivity contribution is 0.0994. The first kappa shape index (κ1) is 10.0. The highest BCUT2D eigenvalue weighted by molar-refractivity contribution is 6.00. The van der Waals surface area contributed by atoms with Crippen molar-refractivity contribution < 1.29 is 4.79 Å². The van der Waals surface area contributed by atoms with Gasteiger partial charge in [0.1, 0.15) is 0 Å². The molecule has 0 aromatic heterocycles. The molecular weight excluding hydrogens is 198 g/mol. The van der Waals surface area contributed by atoms with Crippen molar-refractivity contribution in [1.82, 2.24) is 4.90 Å². The Balaban J connectivity index is 1.80. The summed E-state index contributed by atoms with van der Waals surface area (Å²) in [5.74, 6) is 0.332. The van der Waals surface area contributed by atoms with Gasteiger partial charge in [-0.15, -0.1) is 0 Å². The van der Waals surface area contributed by atoms with E-state index in [1.165, 1.54) is 37.1 Å². The molecule has 1 fully saturated rings. The third kappa shape index (κ3) is 1.78. The van der Waals surface area contributed by atoms with E-state index in [0.29, 0.717) is 12.2 Å². The number of benzene rings is 1. The van der Waals surface area contributed by atoms with E-state index in [4.69, 9.17) is 0 Å². The van der Waals surface area contributed by atoms with Gasteiger partial charge in [0.2, 0.25) is 0 Å². The van der Waals surface area contributed by atoms with Crippen molar-refractivity contribution in [3.8, 4) is 0 Å². The molecule has 3 rings (SSSR count). The van der Waals surface area contributed by atoms with E-state index in [1.54, 1.807) is 0 Å². The number of fused-ring (bicyclic) bond motifs is 1. The summed E-state index contributed by atoms with van der Waals surface area (Å²) in [4.78, 5) is 14.1. The van der Waals surface area contributed by atoms with Crippen LogP contribution in [0.2, 0.25) is 0 Å². The number of aryl methyl sites for hydroxylation is 1. The Morgan fingerprint density at radius 2 is 1.94 bits per heavy atom. The third-order valence-corrected chi connectivity index (χ3v) is 3.70. The van der Waals surface area contributed by atoms with Gasteiger partial charge in [0.25, 0.3) is 0 Å². The normalized spacial score (nSPS) is 20.4. The van der Waals surface area contributed by atoms with Crippen LogP contribution in [0.1, 0.15) is 40.7 Å². The fourth-order valence-electron chi connectivity index (χ4n) is 2.78. The zero-order chi connectivity index (χ0) is 11.0. The quantitative estimate of drug-likeness (QED) is 0.755. The van der Waals surface area contributed by atoms with Gasteiger partial charge < -0.3 is 0 Å². The van der Waals surface area contributed by atoms with Gasteiger partial charge in [-0.2, -0.15) is 0 Å². The molecule has 0 spiro atoms. The first-order chi connectivity index (χ1) is 7.83. The second-order valence-corrected chi connectivity index (χ2v) is 4.90. The average molecular weight is 215 g/mol. The summed E-state index contributed by atoms with van der Waals surface area (Å²) < 4.78 is 0. The SMILES string of the molecule is O=C1CCc2ccc(CN3CCCC3)cc21. The molecule has 1 aromatic carbocycles. The topological polar surface area (TPSA) is 20.3 Å². The van der Waals surface area contributed by atoms with E-state index in [9.17, 15) is 4.79 Å². The Labute approximate surface area is 96.3 Å². The van der Waals surface area contributed by atoms with Gasteiger partial charge >= 0.3 is 0 Å². The molecular formula is C14H17NO. The summed E-state index contributed by atoms with van der Waals surface area (Å²) >= 11 is 0. The maximum Gasteiger partial charge on any atom is 0.163 e. The highest BCUT2D eigenvalue weighted by Crippen LogP contribution is 2.24. The van der Waals surface area contributed by atoms with Gasteiger partial charge in [0.05, 0.1) is 0 Å². The maximum atomic E-state index is 11.6. The first-order valence-electron chi connectivity index (χ1n) is 6.20. The van der Waals surface area contributed by atoms with Gasteiger partial charge in [-0.25, -0.2) is 0 Å². The standard InChI is InChI=1S/C14H17NO/c16-14-6-5-12-4-3-11(9-13(12)14)10-15-7-1-2-8-15/h3-4,9H,1-2,5-8,10H2. The van der Waals surface area contributed by atoms with Gasteiger partial charge in [0, 0.05) is 18.5 Å². The Bertz CT molecular complexity index is 419. The number of ketones is 1. The number of rotatable bonds is 2. The molecule has 1 aromatic rings. The minimum absolute atomic E-state index is 0.332. The number of carbonyl (C=O) groups is 1. The highest BCUT2D eigenvalue weighted by Gasteiger charge is 2.20. The number of nitrogens with zero attached hydrogens (tertiary/aromatic N) is 1. The fraction of sp³-hybridized carbons (Fsp3) is 0.500.